The van der Waals surface area contributed by atoms with E-state index in [-0.39, 0.29) is 0 Å². The lowest BCUT2D eigenvalue weighted by Crippen LogP contribution is -2.30. The number of pyridine rings is 1. The SMILES string of the molecule is NNC(Cc1ccncc1Cl)c1cccc(C(F)(F)F)c1. The molecule has 1 aromatic heterocycles. The zero-order chi connectivity index (χ0) is 15.5. The first-order valence-electron chi connectivity index (χ1n) is 6.13. The summed E-state index contributed by atoms with van der Waals surface area (Å²) in [5.41, 5.74) is 3.02. The highest BCUT2D eigenvalue weighted by Gasteiger charge is 2.31. The summed E-state index contributed by atoms with van der Waals surface area (Å²) in [5, 5.41) is 0.449. The molecule has 0 aliphatic heterocycles. The van der Waals surface area contributed by atoms with Gasteiger partial charge in [-0.2, -0.15) is 13.2 Å². The van der Waals surface area contributed by atoms with Crippen molar-refractivity contribution >= 4 is 11.6 Å². The molecule has 0 fully saturated rings. The van der Waals surface area contributed by atoms with E-state index in [1.54, 1.807) is 18.3 Å². The van der Waals surface area contributed by atoms with Crippen molar-refractivity contribution in [2.75, 3.05) is 0 Å². The minimum Gasteiger partial charge on any atom is -0.271 e. The van der Waals surface area contributed by atoms with Gasteiger partial charge in [0.05, 0.1) is 16.6 Å². The molecule has 0 aliphatic carbocycles. The second kappa shape index (κ2) is 6.43. The van der Waals surface area contributed by atoms with Crippen LogP contribution in [0.1, 0.15) is 22.7 Å². The summed E-state index contributed by atoms with van der Waals surface area (Å²) >= 11 is 6.01. The van der Waals surface area contributed by atoms with E-state index in [2.05, 4.69) is 10.4 Å². The molecule has 1 unspecified atom stereocenters. The number of nitrogens with two attached hydrogens (primary N) is 1. The van der Waals surface area contributed by atoms with Crippen LogP contribution in [0.2, 0.25) is 5.02 Å². The molecule has 2 rings (SSSR count). The zero-order valence-electron chi connectivity index (χ0n) is 10.9. The monoisotopic (exact) mass is 315 g/mol. The summed E-state index contributed by atoms with van der Waals surface area (Å²) in [4.78, 5) is 3.86. The maximum absolute atomic E-state index is 12.7. The Morgan fingerprint density at radius 1 is 1.29 bits per heavy atom. The highest BCUT2D eigenvalue weighted by Crippen LogP contribution is 2.31. The molecule has 0 bridgehead atoms. The highest BCUT2D eigenvalue weighted by atomic mass is 35.5. The van der Waals surface area contributed by atoms with Gasteiger partial charge in [0.15, 0.2) is 0 Å². The van der Waals surface area contributed by atoms with Crippen molar-refractivity contribution in [3.05, 3.63) is 64.4 Å². The molecule has 1 heterocycles. The van der Waals surface area contributed by atoms with Crippen LogP contribution in [-0.4, -0.2) is 4.98 Å². The first kappa shape index (κ1) is 15.8. The summed E-state index contributed by atoms with van der Waals surface area (Å²) in [6.45, 7) is 0. The summed E-state index contributed by atoms with van der Waals surface area (Å²) in [7, 11) is 0. The topological polar surface area (TPSA) is 50.9 Å². The van der Waals surface area contributed by atoms with Crippen LogP contribution < -0.4 is 11.3 Å². The smallest absolute Gasteiger partial charge is 0.271 e. The Kier molecular flexibility index (Phi) is 4.82. The summed E-state index contributed by atoms with van der Waals surface area (Å²) in [5.74, 6) is 5.47. The highest BCUT2D eigenvalue weighted by molar-refractivity contribution is 6.31. The minimum atomic E-state index is -4.39. The van der Waals surface area contributed by atoms with E-state index in [0.717, 1.165) is 17.7 Å². The van der Waals surface area contributed by atoms with E-state index in [1.165, 1.54) is 12.3 Å². The second-order valence-corrected chi connectivity index (χ2v) is 4.92. The fraction of sp³-hybridized carbons (Fsp3) is 0.214. The third-order valence-corrected chi connectivity index (χ3v) is 3.44. The number of halogens is 4. The van der Waals surface area contributed by atoms with E-state index in [1.807, 2.05) is 0 Å². The second-order valence-electron chi connectivity index (χ2n) is 4.51. The zero-order valence-corrected chi connectivity index (χ0v) is 11.6. The maximum Gasteiger partial charge on any atom is 0.416 e. The number of hydrogen-bond acceptors (Lipinski definition) is 3. The van der Waals surface area contributed by atoms with Crippen LogP contribution in [0.15, 0.2) is 42.7 Å². The van der Waals surface area contributed by atoms with E-state index in [9.17, 15) is 13.2 Å². The molecular weight excluding hydrogens is 303 g/mol. The average molecular weight is 316 g/mol. The average Bonchev–Trinajstić information content (AvgIpc) is 2.46. The molecule has 0 spiro atoms. The van der Waals surface area contributed by atoms with Crippen LogP contribution in [0.25, 0.3) is 0 Å². The predicted molar refractivity (Wildman–Crippen MR) is 74.5 cm³/mol. The van der Waals surface area contributed by atoms with E-state index in [0.29, 0.717) is 17.0 Å². The van der Waals surface area contributed by atoms with E-state index in [4.69, 9.17) is 17.4 Å². The van der Waals surface area contributed by atoms with Gasteiger partial charge in [-0.25, -0.2) is 0 Å². The first-order chi connectivity index (χ1) is 9.91. The van der Waals surface area contributed by atoms with Crippen molar-refractivity contribution in [2.45, 2.75) is 18.6 Å². The Balaban J connectivity index is 2.28. The van der Waals surface area contributed by atoms with Crippen molar-refractivity contribution in [3.8, 4) is 0 Å². The van der Waals surface area contributed by atoms with Gasteiger partial charge < -0.3 is 0 Å². The predicted octanol–water partition coefficient (Wildman–Crippen LogP) is 3.50. The van der Waals surface area contributed by atoms with Gasteiger partial charge in [-0.1, -0.05) is 23.7 Å². The Labute approximate surface area is 124 Å². The van der Waals surface area contributed by atoms with Gasteiger partial charge in [0, 0.05) is 12.4 Å². The number of rotatable bonds is 4. The molecule has 0 saturated carbocycles. The molecule has 3 nitrogen and oxygen atoms in total. The molecule has 7 heteroatoms. The fourth-order valence-electron chi connectivity index (χ4n) is 1.99. The molecule has 0 radical (unpaired) electrons. The summed E-state index contributed by atoms with van der Waals surface area (Å²) in [6.07, 6.45) is -0.972. The van der Waals surface area contributed by atoms with Gasteiger partial charge in [0.25, 0.3) is 0 Å². The normalized spacial score (nSPS) is 13.2. The molecule has 0 saturated heterocycles. The Morgan fingerprint density at radius 2 is 2.05 bits per heavy atom. The van der Waals surface area contributed by atoms with Crippen molar-refractivity contribution in [2.24, 2.45) is 5.84 Å². The van der Waals surface area contributed by atoms with Crippen molar-refractivity contribution in [1.82, 2.24) is 10.4 Å². The Bertz CT molecular complexity index is 616. The Morgan fingerprint density at radius 3 is 2.67 bits per heavy atom. The number of alkyl halides is 3. The van der Waals surface area contributed by atoms with E-state index >= 15 is 0 Å². The van der Waals surface area contributed by atoms with Crippen molar-refractivity contribution in [3.63, 3.8) is 0 Å². The van der Waals surface area contributed by atoms with Crippen molar-refractivity contribution in [1.29, 1.82) is 0 Å². The fourth-order valence-corrected chi connectivity index (χ4v) is 2.19. The van der Waals surface area contributed by atoms with Crippen LogP contribution in [0.5, 0.6) is 0 Å². The van der Waals surface area contributed by atoms with Crippen LogP contribution in [0.4, 0.5) is 13.2 Å². The number of nitrogens with zero attached hydrogens (tertiary/aromatic N) is 1. The number of nitrogens with one attached hydrogen (secondary N) is 1. The Hall–Kier alpha value is -1.63. The number of hydrazine groups is 1. The van der Waals surface area contributed by atoms with Crippen molar-refractivity contribution < 1.29 is 13.2 Å². The van der Waals surface area contributed by atoms with Crippen LogP contribution >= 0.6 is 11.6 Å². The number of aromatic nitrogens is 1. The largest absolute Gasteiger partial charge is 0.416 e. The molecule has 21 heavy (non-hydrogen) atoms. The first-order valence-corrected chi connectivity index (χ1v) is 6.51. The molecule has 3 N–H and O–H groups in total. The molecule has 112 valence electrons. The van der Waals surface area contributed by atoms with Crippen LogP contribution in [0, 0.1) is 0 Å². The summed E-state index contributed by atoms with van der Waals surface area (Å²) in [6, 6.07) is 6.29. The van der Waals surface area contributed by atoms with Gasteiger partial charge in [-0.05, 0) is 35.7 Å². The third-order valence-electron chi connectivity index (χ3n) is 3.10. The van der Waals surface area contributed by atoms with E-state index < -0.39 is 17.8 Å². The lowest BCUT2D eigenvalue weighted by Gasteiger charge is -2.18. The molecule has 1 atom stereocenters. The lowest BCUT2D eigenvalue weighted by atomic mass is 9.98. The van der Waals surface area contributed by atoms with Crippen LogP contribution in [0.3, 0.4) is 0 Å². The quantitative estimate of drug-likeness (QED) is 0.670. The standard InChI is InChI=1S/C14H13ClF3N3/c15-12-8-20-5-4-9(12)7-13(21-19)10-2-1-3-11(6-10)14(16,17)18/h1-6,8,13,21H,7,19H2. The van der Waals surface area contributed by atoms with Gasteiger partial charge in [0.1, 0.15) is 0 Å². The number of benzene rings is 1. The van der Waals surface area contributed by atoms with Gasteiger partial charge in [-0.15, -0.1) is 0 Å². The number of hydrogen-bond donors (Lipinski definition) is 2. The van der Waals surface area contributed by atoms with Crippen LogP contribution in [-0.2, 0) is 12.6 Å². The van der Waals surface area contributed by atoms with Gasteiger partial charge in [0.2, 0.25) is 0 Å². The maximum atomic E-state index is 12.7. The third kappa shape index (κ3) is 3.93. The molecule has 0 aliphatic rings. The molecule has 1 aromatic carbocycles. The lowest BCUT2D eigenvalue weighted by molar-refractivity contribution is -0.137. The molecule has 2 aromatic rings. The van der Waals surface area contributed by atoms with Gasteiger partial charge in [-0.3, -0.25) is 16.3 Å². The summed E-state index contributed by atoms with van der Waals surface area (Å²) < 4.78 is 38.2. The molecular formula is C14H13ClF3N3. The van der Waals surface area contributed by atoms with Gasteiger partial charge >= 0.3 is 6.18 Å². The molecule has 0 amide bonds. The minimum absolute atomic E-state index is 0.360.